The minimum absolute atomic E-state index is 0.250. The first-order chi connectivity index (χ1) is 9.20. The second kappa shape index (κ2) is 6.73. The summed E-state index contributed by atoms with van der Waals surface area (Å²) < 4.78 is 6.49. The molecule has 0 aliphatic rings. The van der Waals surface area contributed by atoms with Gasteiger partial charge in [0.05, 0.1) is 7.11 Å². The molecule has 0 aromatic heterocycles. The van der Waals surface area contributed by atoms with Crippen molar-refractivity contribution in [2.24, 2.45) is 0 Å². The van der Waals surface area contributed by atoms with Crippen LogP contribution in [0.25, 0.3) is 0 Å². The molecule has 0 aliphatic carbocycles. The zero-order valence-electron chi connectivity index (χ0n) is 11.2. The number of nitrogens with one attached hydrogen (secondary N) is 1. The first-order valence-corrected chi connectivity index (χ1v) is 7.10. The fraction of sp³-hybridized carbons (Fsp3) is 0.250. The summed E-state index contributed by atoms with van der Waals surface area (Å²) in [6, 6.07) is 16.7. The molecule has 0 fully saturated rings. The van der Waals surface area contributed by atoms with E-state index in [4.69, 9.17) is 4.74 Å². The second-order valence-corrected chi connectivity index (χ2v) is 5.39. The summed E-state index contributed by atoms with van der Waals surface area (Å²) in [5, 5.41) is 3.51. The van der Waals surface area contributed by atoms with Crippen LogP contribution in [0.15, 0.2) is 53.0 Å². The maximum atomic E-state index is 5.39. The standard InChI is InChI=1S/C16H18BrNO/c1-12(15-5-3-4-6-16(15)19-2)18-11-13-7-9-14(17)10-8-13/h3-10,12,18H,11H2,1-2H3/t12-/m0/s1. The van der Waals surface area contributed by atoms with Crippen molar-refractivity contribution in [1.82, 2.24) is 5.32 Å². The van der Waals surface area contributed by atoms with E-state index in [0.717, 1.165) is 16.8 Å². The lowest BCUT2D eigenvalue weighted by molar-refractivity contribution is 0.401. The van der Waals surface area contributed by atoms with E-state index in [1.165, 1.54) is 11.1 Å². The van der Waals surface area contributed by atoms with Crippen LogP contribution in [0.2, 0.25) is 0 Å². The summed E-state index contributed by atoms with van der Waals surface area (Å²) in [4.78, 5) is 0. The molecule has 0 unspecified atom stereocenters. The van der Waals surface area contributed by atoms with E-state index < -0.39 is 0 Å². The lowest BCUT2D eigenvalue weighted by Crippen LogP contribution is -2.18. The molecule has 0 aliphatic heterocycles. The number of para-hydroxylation sites is 1. The number of rotatable bonds is 5. The van der Waals surface area contributed by atoms with Crippen molar-refractivity contribution in [2.75, 3.05) is 7.11 Å². The highest BCUT2D eigenvalue weighted by Crippen LogP contribution is 2.24. The molecule has 0 saturated carbocycles. The van der Waals surface area contributed by atoms with Crippen LogP contribution in [-0.4, -0.2) is 7.11 Å². The molecule has 0 saturated heterocycles. The Kier molecular flexibility index (Phi) is 5.00. The van der Waals surface area contributed by atoms with Crippen LogP contribution >= 0.6 is 15.9 Å². The van der Waals surface area contributed by atoms with Gasteiger partial charge in [-0.05, 0) is 30.7 Å². The molecule has 1 N–H and O–H groups in total. The van der Waals surface area contributed by atoms with Gasteiger partial charge in [0.25, 0.3) is 0 Å². The van der Waals surface area contributed by atoms with Crippen LogP contribution in [0.5, 0.6) is 5.75 Å². The van der Waals surface area contributed by atoms with Crippen molar-refractivity contribution in [3.8, 4) is 5.75 Å². The van der Waals surface area contributed by atoms with Crippen LogP contribution in [0.3, 0.4) is 0 Å². The maximum Gasteiger partial charge on any atom is 0.123 e. The lowest BCUT2D eigenvalue weighted by atomic mass is 10.1. The van der Waals surface area contributed by atoms with Crippen LogP contribution in [-0.2, 0) is 6.54 Å². The largest absolute Gasteiger partial charge is 0.496 e. The third-order valence-corrected chi connectivity index (χ3v) is 3.66. The van der Waals surface area contributed by atoms with Crippen molar-refractivity contribution >= 4 is 15.9 Å². The SMILES string of the molecule is COc1ccccc1[C@H](C)NCc1ccc(Br)cc1. The first-order valence-electron chi connectivity index (χ1n) is 6.31. The molecule has 2 rings (SSSR count). The Bertz CT molecular complexity index is 525. The normalized spacial score (nSPS) is 12.2. The molecular weight excluding hydrogens is 302 g/mol. The van der Waals surface area contributed by atoms with Crippen LogP contribution in [0, 0.1) is 0 Å². The minimum Gasteiger partial charge on any atom is -0.496 e. The van der Waals surface area contributed by atoms with Crippen molar-refractivity contribution < 1.29 is 4.74 Å². The maximum absolute atomic E-state index is 5.39. The van der Waals surface area contributed by atoms with E-state index in [0.29, 0.717) is 0 Å². The molecule has 0 bridgehead atoms. The Hall–Kier alpha value is -1.32. The predicted molar refractivity (Wildman–Crippen MR) is 82.4 cm³/mol. The van der Waals surface area contributed by atoms with Crippen molar-refractivity contribution in [1.29, 1.82) is 0 Å². The first kappa shape index (κ1) is 14.1. The number of hydrogen-bond donors (Lipinski definition) is 1. The van der Waals surface area contributed by atoms with Gasteiger partial charge in [0.2, 0.25) is 0 Å². The molecule has 2 nitrogen and oxygen atoms in total. The number of halogens is 1. The van der Waals surface area contributed by atoms with E-state index in [9.17, 15) is 0 Å². The molecule has 2 aromatic rings. The Labute approximate surface area is 122 Å². The summed E-state index contributed by atoms with van der Waals surface area (Å²) in [6.07, 6.45) is 0. The zero-order valence-corrected chi connectivity index (χ0v) is 12.8. The smallest absolute Gasteiger partial charge is 0.123 e. The van der Waals surface area contributed by atoms with Gasteiger partial charge in [-0.15, -0.1) is 0 Å². The zero-order chi connectivity index (χ0) is 13.7. The summed E-state index contributed by atoms with van der Waals surface area (Å²) in [5.74, 6) is 0.929. The Balaban J connectivity index is 2.01. The summed E-state index contributed by atoms with van der Waals surface area (Å²) >= 11 is 3.44. The average Bonchev–Trinajstić information content (AvgIpc) is 2.46. The molecule has 0 heterocycles. The minimum atomic E-state index is 0.250. The van der Waals surface area contributed by atoms with Gasteiger partial charge in [-0.25, -0.2) is 0 Å². The molecule has 19 heavy (non-hydrogen) atoms. The summed E-state index contributed by atoms with van der Waals surface area (Å²) in [7, 11) is 1.71. The van der Waals surface area contributed by atoms with E-state index in [1.807, 2.05) is 18.2 Å². The highest BCUT2D eigenvalue weighted by Gasteiger charge is 2.09. The second-order valence-electron chi connectivity index (χ2n) is 4.47. The van der Waals surface area contributed by atoms with E-state index in [1.54, 1.807) is 7.11 Å². The predicted octanol–water partition coefficient (Wildman–Crippen LogP) is 4.31. The van der Waals surface area contributed by atoms with E-state index in [-0.39, 0.29) is 6.04 Å². The fourth-order valence-corrected chi connectivity index (χ4v) is 2.27. The molecule has 1 atom stereocenters. The Morgan fingerprint density at radius 1 is 1.11 bits per heavy atom. The third kappa shape index (κ3) is 3.82. The number of benzene rings is 2. The van der Waals surface area contributed by atoms with Crippen molar-refractivity contribution in [3.63, 3.8) is 0 Å². The van der Waals surface area contributed by atoms with Gasteiger partial charge in [-0.3, -0.25) is 0 Å². The Morgan fingerprint density at radius 2 is 1.79 bits per heavy atom. The van der Waals surface area contributed by atoms with Gasteiger partial charge in [0, 0.05) is 22.6 Å². The highest BCUT2D eigenvalue weighted by molar-refractivity contribution is 9.10. The monoisotopic (exact) mass is 319 g/mol. The van der Waals surface area contributed by atoms with E-state index >= 15 is 0 Å². The molecule has 0 amide bonds. The van der Waals surface area contributed by atoms with Crippen LogP contribution in [0.4, 0.5) is 0 Å². The van der Waals surface area contributed by atoms with Gasteiger partial charge < -0.3 is 10.1 Å². The molecule has 0 spiro atoms. The third-order valence-electron chi connectivity index (χ3n) is 3.13. The van der Waals surface area contributed by atoms with Gasteiger partial charge in [-0.2, -0.15) is 0 Å². The number of methoxy groups -OCH3 is 1. The summed E-state index contributed by atoms with van der Waals surface area (Å²) in [6.45, 7) is 2.99. The molecular formula is C16H18BrNO. The van der Waals surface area contributed by atoms with Crippen LogP contribution < -0.4 is 10.1 Å². The fourth-order valence-electron chi connectivity index (χ4n) is 2.01. The topological polar surface area (TPSA) is 21.3 Å². The molecule has 0 radical (unpaired) electrons. The molecule has 3 heteroatoms. The van der Waals surface area contributed by atoms with E-state index in [2.05, 4.69) is 58.5 Å². The van der Waals surface area contributed by atoms with Gasteiger partial charge in [-0.1, -0.05) is 46.3 Å². The van der Waals surface area contributed by atoms with Gasteiger partial charge in [0.15, 0.2) is 0 Å². The number of ether oxygens (including phenoxy) is 1. The highest BCUT2D eigenvalue weighted by atomic mass is 79.9. The number of hydrogen-bond acceptors (Lipinski definition) is 2. The van der Waals surface area contributed by atoms with Gasteiger partial charge in [0.1, 0.15) is 5.75 Å². The molecule has 2 aromatic carbocycles. The lowest BCUT2D eigenvalue weighted by Gasteiger charge is -2.17. The van der Waals surface area contributed by atoms with Crippen molar-refractivity contribution in [3.05, 3.63) is 64.1 Å². The van der Waals surface area contributed by atoms with Gasteiger partial charge >= 0.3 is 0 Å². The molecule has 100 valence electrons. The Morgan fingerprint density at radius 3 is 2.47 bits per heavy atom. The van der Waals surface area contributed by atoms with Crippen LogP contribution in [0.1, 0.15) is 24.1 Å². The quantitative estimate of drug-likeness (QED) is 0.886. The van der Waals surface area contributed by atoms with Crippen molar-refractivity contribution in [2.45, 2.75) is 19.5 Å². The average molecular weight is 320 g/mol. The summed E-state index contributed by atoms with van der Waals surface area (Å²) in [5.41, 5.74) is 2.45.